The number of benzene rings is 2. The van der Waals surface area contributed by atoms with E-state index in [9.17, 15) is 4.57 Å². The molecule has 2 aromatic rings. The molecule has 92 valence electrons. The molecule has 0 saturated heterocycles. The van der Waals surface area contributed by atoms with Gasteiger partial charge in [-0.15, -0.1) is 0 Å². The lowest BCUT2D eigenvalue weighted by molar-refractivity contribution is 0.580. The van der Waals surface area contributed by atoms with Crippen LogP contribution in [0.15, 0.2) is 54.6 Å². The van der Waals surface area contributed by atoms with Gasteiger partial charge in [-0.1, -0.05) is 30.3 Å². The van der Waals surface area contributed by atoms with Gasteiger partial charge in [-0.3, -0.25) is 4.57 Å². The predicted molar refractivity (Wildman–Crippen MR) is 76.9 cm³/mol. The molecule has 0 spiro atoms. The highest BCUT2D eigenvalue weighted by atomic mass is 31.2. The SMILES string of the molecule is CN1c2ccccc2N(C)P1(=O)c1ccccc1. The summed E-state index contributed by atoms with van der Waals surface area (Å²) in [6.07, 6.45) is 0. The molecule has 0 aliphatic carbocycles. The highest BCUT2D eigenvalue weighted by Crippen LogP contribution is 2.62. The maximum Gasteiger partial charge on any atom is 0.292 e. The lowest BCUT2D eigenvalue weighted by atomic mass is 10.3. The number of fused-ring (bicyclic) bond motifs is 1. The van der Waals surface area contributed by atoms with Crippen LogP contribution in [0.3, 0.4) is 0 Å². The molecule has 1 aliphatic heterocycles. The van der Waals surface area contributed by atoms with E-state index in [1.165, 1.54) is 0 Å². The number of para-hydroxylation sites is 2. The van der Waals surface area contributed by atoms with Crippen LogP contribution in [0.1, 0.15) is 0 Å². The summed E-state index contributed by atoms with van der Waals surface area (Å²) >= 11 is 0. The van der Waals surface area contributed by atoms with Crippen LogP contribution in [-0.2, 0) is 4.57 Å². The van der Waals surface area contributed by atoms with Crippen LogP contribution in [0.25, 0.3) is 0 Å². The van der Waals surface area contributed by atoms with Crippen molar-refractivity contribution in [3.63, 3.8) is 0 Å². The average Bonchev–Trinajstić information content (AvgIpc) is 2.64. The predicted octanol–water partition coefficient (Wildman–Crippen LogP) is 3.09. The van der Waals surface area contributed by atoms with Crippen molar-refractivity contribution in [1.82, 2.24) is 0 Å². The first-order valence-corrected chi connectivity index (χ1v) is 7.50. The van der Waals surface area contributed by atoms with Crippen LogP contribution in [0.5, 0.6) is 0 Å². The molecule has 0 aromatic heterocycles. The van der Waals surface area contributed by atoms with E-state index in [0.717, 1.165) is 16.7 Å². The molecular formula is C14H15N2OP. The smallest absolute Gasteiger partial charge is 0.292 e. The minimum atomic E-state index is -2.72. The van der Waals surface area contributed by atoms with Gasteiger partial charge in [0, 0.05) is 14.1 Å². The Hall–Kier alpha value is -1.73. The molecular weight excluding hydrogens is 243 g/mol. The molecule has 1 aliphatic rings. The summed E-state index contributed by atoms with van der Waals surface area (Å²) in [5.74, 6) is 0. The van der Waals surface area contributed by atoms with Gasteiger partial charge in [-0.2, -0.15) is 0 Å². The second kappa shape index (κ2) is 3.89. The van der Waals surface area contributed by atoms with E-state index in [1.807, 2.05) is 78.0 Å². The van der Waals surface area contributed by atoms with Crippen LogP contribution in [0.2, 0.25) is 0 Å². The Morgan fingerprint density at radius 3 is 1.72 bits per heavy atom. The molecule has 4 heteroatoms. The Bertz CT molecular complexity index is 594. The van der Waals surface area contributed by atoms with Gasteiger partial charge in [-0.25, -0.2) is 0 Å². The molecule has 0 unspecified atom stereocenters. The van der Waals surface area contributed by atoms with Crippen molar-refractivity contribution in [1.29, 1.82) is 0 Å². The average molecular weight is 258 g/mol. The van der Waals surface area contributed by atoms with E-state index in [0.29, 0.717) is 0 Å². The quantitative estimate of drug-likeness (QED) is 0.734. The first-order valence-electron chi connectivity index (χ1n) is 5.89. The normalized spacial score (nSPS) is 16.8. The molecule has 3 nitrogen and oxygen atoms in total. The van der Waals surface area contributed by atoms with Crippen molar-refractivity contribution < 1.29 is 4.57 Å². The molecule has 1 heterocycles. The summed E-state index contributed by atoms with van der Waals surface area (Å²) in [7, 11) is 1.08. The minimum absolute atomic E-state index is 0.867. The summed E-state index contributed by atoms with van der Waals surface area (Å²) in [5, 5.41) is 0.867. The monoisotopic (exact) mass is 258 g/mol. The molecule has 3 rings (SSSR count). The number of nitrogens with zero attached hydrogens (tertiary/aromatic N) is 2. The number of anilines is 2. The third-order valence-electron chi connectivity index (χ3n) is 3.48. The molecule has 0 atom stereocenters. The van der Waals surface area contributed by atoms with Gasteiger partial charge in [0.05, 0.1) is 16.7 Å². The van der Waals surface area contributed by atoms with Crippen molar-refractivity contribution in [2.75, 3.05) is 23.4 Å². The maximum atomic E-state index is 13.4. The van der Waals surface area contributed by atoms with Gasteiger partial charge >= 0.3 is 0 Å². The molecule has 0 fully saturated rings. The van der Waals surface area contributed by atoms with Gasteiger partial charge in [-0.05, 0) is 24.3 Å². The standard InChI is InChI=1S/C14H15N2OP/c1-15-13-10-6-7-11-14(13)16(2)18(15,17)12-8-4-3-5-9-12/h3-11H,1-2H3. The van der Waals surface area contributed by atoms with Crippen molar-refractivity contribution in [2.45, 2.75) is 0 Å². The summed E-state index contributed by atoms with van der Waals surface area (Å²) in [4.78, 5) is 0. The number of hydrogen-bond acceptors (Lipinski definition) is 1. The van der Waals surface area contributed by atoms with Gasteiger partial charge in [0.1, 0.15) is 0 Å². The molecule has 0 saturated carbocycles. The summed E-state index contributed by atoms with van der Waals surface area (Å²) < 4.78 is 17.2. The van der Waals surface area contributed by atoms with E-state index in [-0.39, 0.29) is 0 Å². The molecule has 2 aromatic carbocycles. The van der Waals surface area contributed by atoms with Crippen molar-refractivity contribution in [3.8, 4) is 0 Å². The third kappa shape index (κ3) is 1.34. The summed E-state index contributed by atoms with van der Waals surface area (Å²) in [6.45, 7) is 0. The minimum Gasteiger partial charge on any atom is -0.304 e. The molecule has 18 heavy (non-hydrogen) atoms. The highest BCUT2D eigenvalue weighted by Gasteiger charge is 2.42. The Balaban J connectivity index is 2.20. The number of hydrogen-bond donors (Lipinski definition) is 0. The first-order chi connectivity index (χ1) is 8.65. The molecule has 0 radical (unpaired) electrons. The van der Waals surface area contributed by atoms with Gasteiger partial charge in [0.2, 0.25) is 0 Å². The van der Waals surface area contributed by atoms with Gasteiger partial charge < -0.3 is 9.34 Å². The van der Waals surface area contributed by atoms with Crippen molar-refractivity contribution in [3.05, 3.63) is 54.6 Å². The Morgan fingerprint density at radius 2 is 1.22 bits per heavy atom. The molecule has 0 amide bonds. The van der Waals surface area contributed by atoms with Crippen molar-refractivity contribution in [2.24, 2.45) is 0 Å². The zero-order valence-electron chi connectivity index (χ0n) is 10.4. The van der Waals surface area contributed by atoms with E-state index in [4.69, 9.17) is 0 Å². The third-order valence-corrected chi connectivity index (χ3v) is 6.51. The lowest BCUT2D eigenvalue weighted by Crippen LogP contribution is -2.26. The second-order valence-electron chi connectivity index (χ2n) is 4.42. The van der Waals surface area contributed by atoms with Crippen LogP contribution >= 0.6 is 7.44 Å². The topological polar surface area (TPSA) is 23.6 Å². The maximum absolute atomic E-state index is 13.4. The first kappa shape index (κ1) is 11.4. The lowest BCUT2D eigenvalue weighted by Gasteiger charge is -2.28. The van der Waals surface area contributed by atoms with Crippen LogP contribution in [0, 0.1) is 0 Å². The fourth-order valence-electron chi connectivity index (χ4n) is 2.47. The zero-order valence-corrected chi connectivity index (χ0v) is 11.3. The Kier molecular flexibility index (Phi) is 2.46. The highest BCUT2D eigenvalue weighted by molar-refractivity contribution is 7.75. The zero-order chi connectivity index (χ0) is 12.8. The van der Waals surface area contributed by atoms with E-state index < -0.39 is 7.44 Å². The second-order valence-corrected chi connectivity index (χ2v) is 7.22. The fraction of sp³-hybridized carbons (Fsp3) is 0.143. The van der Waals surface area contributed by atoms with Gasteiger partial charge in [0.25, 0.3) is 7.44 Å². The largest absolute Gasteiger partial charge is 0.304 e. The van der Waals surface area contributed by atoms with E-state index in [1.54, 1.807) is 0 Å². The van der Waals surface area contributed by atoms with Crippen LogP contribution in [-0.4, -0.2) is 14.1 Å². The van der Waals surface area contributed by atoms with E-state index in [2.05, 4.69) is 0 Å². The van der Waals surface area contributed by atoms with Crippen LogP contribution in [0.4, 0.5) is 11.4 Å². The number of rotatable bonds is 1. The Morgan fingerprint density at radius 1 is 0.778 bits per heavy atom. The molecule has 0 N–H and O–H groups in total. The van der Waals surface area contributed by atoms with Crippen molar-refractivity contribution >= 4 is 24.1 Å². The summed E-state index contributed by atoms with van der Waals surface area (Å²) in [5.41, 5.74) is 2.04. The molecule has 0 bridgehead atoms. The summed E-state index contributed by atoms with van der Waals surface area (Å²) in [6, 6.07) is 17.6. The Labute approximate surface area is 107 Å². The van der Waals surface area contributed by atoms with Crippen LogP contribution < -0.4 is 14.6 Å². The fourth-order valence-corrected chi connectivity index (χ4v) is 5.05. The van der Waals surface area contributed by atoms with E-state index >= 15 is 0 Å². The van der Waals surface area contributed by atoms with Gasteiger partial charge in [0.15, 0.2) is 0 Å².